The van der Waals surface area contributed by atoms with Crippen LogP contribution in [0.2, 0.25) is 5.02 Å². The van der Waals surface area contributed by atoms with Crippen molar-refractivity contribution in [3.05, 3.63) is 119 Å². The van der Waals surface area contributed by atoms with Crippen LogP contribution in [0.5, 0.6) is 11.5 Å². The number of nitrogens with one attached hydrogen (secondary N) is 1. The average molecular weight is 704 g/mol. The van der Waals surface area contributed by atoms with Crippen molar-refractivity contribution in [1.29, 1.82) is 0 Å². The molecule has 1 fully saturated rings. The van der Waals surface area contributed by atoms with Gasteiger partial charge in [-0.1, -0.05) is 97.6 Å². The summed E-state index contributed by atoms with van der Waals surface area (Å²) >= 11 is 6.61. The molecule has 258 valence electrons. The van der Waals surface area contributed by atoms with Crippen molar-refractivity contribution in [1.82, 2.24) is 10.2 Å². The van der Waals surface area contributed by atoms with Gasteiger partial charge in [-0.15, -0.1) is 0 Å². The number of carbonyl (C=O) groups is 2. The number of methoxy groups -OCH3 is 2. The van der Waals surface area contributed by atoms with Gasteiger partial charge in [-0.3, -0.25) is 13.9 Å². The third-order valence-electron chi connectivity index (χ3n) is 8.79. The maximum absolute atomic E-state index is 14.7. The van der Waals surface area contributed by atoms with Crippen LogP contribution in [-0.2, 0) is 32.6 Å². The lowest BCUT2D eigenvalue weighted by Gasteiger charge is -2.35. The molecular formula is C38H42ClN3O6S. The molecule has 0 aliphatic heterocycles. The predicted molar refractivity (Wildman–Crippen MR) is 191 cm³/mol. The van der Waals surface area contributed by atoms with Gasteiger partial charge in [-0.25, -0.2) is 8.42 Å². The quantitative estimate of drug-likeness (QED) is 0.158. The molecule has 5 rings (SSSR count). The van der Waals surface area contributed by atoms with Gasteiger partial charge < -0.3 is 19.7 Å². The molecule has 0 radical (unpaired) electrons. The van der Waals surface area contributed by atoms with Crippen molar-refractivity contribution in [2.24, 2.45) is 0 Å². The van der Waals surface area contributed by atoms with Gasteiger partial charge in [-0.2, -0.15) is 0 Å². The Morgan fingerprint density at radius 1 is 0.837 bits per heavy atom. The Kier molecular flexibility index (Phi) is 12.2. The zero-order valence-electron chi connectivity index (χ0n) is 27.8. The van der Waals surface area contributed by atoms with Gasteiger partial charge in [0.2, 0.25) is 11.8 Å². The first-order valence-electron chi connectivity index (χ1n) is 16.4. The molecule has 1 aliphatic rings. The van der Waals surface area contributed by atoms with E-state index in [9.17, 15) is 18.0 Å². The SMILES string of the molecule is COc1ccc(S(=O)(=O)N(CC(=O)N(Cc2ccccc2Cl)C(Cc2ccccc2)C(=O)NC2CCCCC2)c2ccccc2)cc1OC. The Hall–Kier alpha value is -4.54. The van der Waals surface area contributed by atoms with E-state index in [2.05, 4.69) is 5.32 Å². The fourth-order valence-electron chi connectivity index (χ4n) is 6.14. The standard InChI is InChI=1S/C38H42ClN3O6S/c1-47-35-23-22-32(25-36(35)48-2)49(45,46)42(31-19-10-5-11-20-31)27-37(43)41(26-29-16-12-13-21-33(29)39)34(24-28-14-6-3-7-15-28)38(44)40-30-17-8-4-9-18-30/h3,5-7,10-16,19-23,25,30,34H,4,8-9,17-18,24,26-27H2,1-2H3,(H,40,44). The number of anilines is 1. The molecule has 0 spiro atoms. The Balaban J connectivity index is 1.57. The molecule has 1 N–H and O–H groups in total. The van der Waals surface area contributed by atoms with Crippen LogP contribution in [0.1, 0.15) is 43.2 Å². The third-order valence-corrected chi connectivity index (χ3v) is 10.9. The summed E-state index contributed by atoms with van der Waals surface area (Å²) in [6, 6.07) is 28.4. The summed E-state index contributed by atoms with van der Waals surface area (Å²) < 4.78 is 40.5. The first-order valence-corrected chi connectivity index (χ1v) is 18.2. The summed E-state index contributed by atoms with van der Waals surface area (Å²) in [6.07, 6.45) is 5.14. The van der Waals surface area contributed by atoms with E-state index in [1.54, 1.807) is 48.5 Å². The fraction of sp³-hybridized carbons (Fsp3) is 0.316. The number of sulfonamides is 1. The Morgan fingerprint density at radius 3 is 2.12 bits per heavy atom. The number of rotatable bonds is 14. The van der Waals surface area contributed by atoms with E-state index in [0.29, 0.717) is 16.3 Å². The van der Waals surface area contributed by atoms with Gasteiger partial charge in [0.25, 0.3) is 10.0 Å². The van der Waals surface area contributed by atoms with Crippen molar-refractivity contribution >= 4 is 39.1 Å². The molecule has 4 aromatic carbocycles. The second-order valence-corrected chi connectivity index (χ2v) is 14.3. The number of ether oxygens (including phenoxy) is 2. The zero-order valence-corrected chi connectivity index (χ0v) is 29.3. The van der Waals surface area contributed by atoms with Crippen LogP contribution in [0.4, 0.5) is 5.69 Å². The minimum Gasteiger partial charge on any atom is -0.493 e. The van der Waals surface area contributed by atoms with E-state index in [4.69, 9.17) is 21.1 Å². The highest BCUT2D eigenvalue weighted by molar-refractivity contribution is 7.92. The number of para-hydroxylation sites is 1. The van der Waals surface area contributed by atoms with Crippen LogP contribution in [0.3, 0.4) is 0 Å². The minimum absolute atomic E-state index is 0.00281. The van der Waals surface area contributed by atoms with Gasteiger partial charge in [0.15, 0.2) is 11.5 Å². The van der Waals surface area contributed by atoms with E-state index in [1.165, 1.54) is 37.3 Å². The second-order valence-electron chi connectivity index (χ2n) is 12.0. The van der Waals surface area contributed by atoms with E-state index < -0.39 is 28.5 Å². The minimum atomic E-state index is -4.33. The molecule has 1 unspecified atom stereocenters. The van der Waals surface area contributed by atoms with E-state index >= 15 is 0 Å². The summed E-state index contributed by atoms with van der Waals surface area (Å²) in [6.45, 7) is -0.583. The maximum atomic E-state index is 14.7. The number of hydrogen-bond donors (Lipinski definition) is 1. The van der Waals surface area contributed by atoms with Gasteiger partial charge in [0, 0.05) is 30.1 Å². The van der Waals surface area contributed by atoms with Crippen LogP contribution < -0.4 is 19.1 Å². The zero-order chi connectivity index (χ0) is 34.8. The first-order chi connectivity index (χ1) is 23.7. The Bertz CT molecular complexity index is 1820. The number of halogens is 1. The van der Waals surface area contributed by atoms with Crippen molar-refractivity contribution in [2.75, 3.05) is 25.1 Å². The lowest BCUT2D eigenvalue weighted by Crippen LogP contribution is -2.55. The summed E-state index contributed by atoms with van der Waals surface area (Å²) in [4.78, 5) is 30.3. The number of nitrogens with zero attached hydrogens (tertiary/aromatic N) is 2. The van der Waals surface area contributed by atoms with Gasteiger partial charge in [0.1, 0.15) is 12.6 Å². The van der Waals surface area contributed by atoms with Crippen LogP contribution in [0, 0.1) is 0 Å². The van der Waals surface area contributed by atoms with E-state index in [0.717, 1.165) is 42.0 Å². The fourth-order valence-corrected chi connectivity index (χ4v) is 7.76. The van der Waals surface area contributed by atoms with Gasteiger partial charge in [0.05, 0.1) is 24.8 Å². The number of carbonyl (C=O) groups excluding carboxylic acids is 2. The van der Waals surface area contributed by atoms with Crippen LogP contribution in [0.15, 0.2) is 108 Å². The molecule has 0 heterocycles. The molecule has 0 saturated heterocycles. The molecular weight excluding hydrogens is 662 g/mol. The summed E-state index contributed by atoms with van der Waals surface area (Å²) in [5.74, 6) is -0.259. The Morgan fingerprint density at radius 2 is 1.47 bits per heavy atom. The molecule has 1 saturated carbocycles. The molecule has 49 heavy (non-hydrogen) atoms. The average Bonchev–Trinajstić information content (AvgIpc) is 3.13. The highest BCUT2D eigenvalue weighted by Gasteiger charge is 2.36. The van der Waals surface area contributed by atoms with Crippen molar-refractivity contribution in [3.8, 4) is 11.5 Å². The maximum Gasteiger partial charge on any atom is 0.264 e. The van der Waals surface area contributed by atoms with Crippen molar-refractivity contribution in [2.45, 2.75) is 62.0 Å². The number of amides is 2. The van der Waals surface area contributed by atoms with Gasteiger partial charge in [-0.05, 0) is 54.3 Å². The predicted octanol–water partition coefficient (Wildman–Crippen LogP) is 6.64. The third kappa shape index (κ3) is 8.93. The second kappa shape index (κ2) is 16.7. The first kappa shape index (κ1) is 35.8. The van der Waals surface area contributed by atoms with Crippen molar-refractivity contribution in [3.63, 3.8) is 0 Å². The molecule has 11 heteroatoms. The normalized spacial score (nSPS) is 14.0. The largest absolute Gasteiger partial charge is 0.493 e. The monoisotopic (exact) mass is 703 g/mol. The number of benzene rings is 4. The number of hydrogen-bond acceptors (Lipinski definition) is 6. The molecule has 1 atom stereocenters. The topological polar surface area (TPSA) is 105 Å². The summed E-state index contributed by atoms with van der Waals surface area (Å²) in [5.41, 5.74) is 1.78. The highest BCUT2D eigenvalue weighted by atomic mass is 35.5. The molecule has 0 aromatic heterocycles. The van der Waals surface area contributed by atoms with E-state index in [1.807, 2.05) is 36.4 Å². The smallest absolute Gasteiger partial charge is 0.264 e. The van der Waals surface area contributed by atoms with Gasteiger partial charge >= 0.3 is 0 Å². The molecule has 9 nitrogen and oxygen atoms in total. The van der Waals surface area contributed by atoms with E-state index in [-0.39, 0.29) is 41.2 Å². The van der Waals surface area contributed by atoms with Crippen LogP contribution >= 0.6 is 11.6 Å². The lowest BCUT2D eigenvalue weighted by atomic mass is 9.94. The van der Waals surface area contributed by atoms with Crippen LogP contribution in [0.25, 0.3) is 0 Å². The molecule has 0 bridgehead atoms. The molecule has 2 amide bonds. The van der Waals surface area contributed by atoms with Crippen molar-refractivity contribution < 1.29 is 27.5 Å². The summed E-state index contributed by atoms with van der Waals surface area (Å²) in [7, 11) is -1.44. The summed E-state index contributed by atoms with van der Waals surface area (Å²) in [5, 5.41) is 3.65. The highest BCUT2D eigenvalue weighted by Crippen LogP contribution is 2.32. The molecule has 4 aromatic rings. The lowest BCUT2D eigenvalue weighted by molar-refractivity contribution is -0.140. The Labute approximate surface area is 293 Å². The molecule has 1 aliphatic carbocycles. The van der Waals surface area contributed by atoms with Crippen LogP contribution in [-0.4, -0.2) is 58.0 Å².